The van der Waals surface area contributed by atoms with Crippen molar-refractivity contribution < 1.29 is 14.1 Å². The Kier molecular flexibility index (Phi) is 6.86. The number of hydrogen-bond donors (Lipinski definition) is 0. The van der Waals surface area contributed by atoms with E-state index in [-0.39, 0.29) is 29.4 Å². The van der Waals surface area contributed by atoms with Crippen LogP contribution >= 0.6 is 11.6 Å². The molecule has 0 spiro atoms. The lowest BCUT2D eigenvalue weighted by Gasteiger charge is -2.42. The van der Waals surface area contributed by atoms with E-state index in [4.69, 9.17) is 20.9 Å². The van der Waals surface area contributed by atoms with Gasteiger partial charge in [-0.15, -0.1) is 0 Å². The lowest BCUT2D eigenvalue weighted by Crippen LogP contribution is -2.48. The zero-order chi connectivity index (χ0) is 23.0. The SMILES string of the molecule is C[C@@H]([C@@H](O[Si](C)(C)C(C)(C)C)c1ccccc1)N(C)C(=O)N1OC1c1ccc(Cl)cc1. The highest BCUT2D eigenvalue weighted by atomic mass is 35.5. The van der Waals surface area contributed by atoms with Crippen LogP contribution in [0, 0.1) is 0 Å². The largest absolute Gasteiger partial charge is 0.408 e. The normalized spacial score (nSPS) is 18.5. The van der Waals surface area contributed by atoms with E-state index in [1.54, 1.807) is 24.1 Å². The van der Waals surface area contributed by atoms with Crippen molar-refractivity contribution in [3.63, 3.8) is 0 Å². The van der Waals surface area contributed by atoms with E-state index in [0.717, 1.165) is 11.1 Å². The summed E-state index contributed by atoms with van der Waals surface area (Å²) >= 11 is 5.97. The Labute approximate surface area is 192 Å². The van der Waals surface area contributed by atoms with Crippen molar-refractivity contribution in [2.75, 3.05) is 7.05 Å². The monoisotopic (exact) mass is 460 g/mol. The first kappa shape index (κ1) is 23.8. The maximum absolute atomic E-state index is 13.2. The van der Waals surface area contributed by atoms with Crippen LogP contribution in [0.15, 0.2) is 54.6 Å². The van der Waals surface area contributed by atoms with Crippen molar-refractivity contribution in [1.82, 2.24) is 9.96 Å². The van der Waals surface area contributed by atoms with Gasteiger partial charge in [-0.05, 0) is 42.8 Å². The van der Waals surface area contributed by atoms with E-state index in [2.05, 4.69) is 46.0 Å². The number of nitrogens with zero attached hydrogens (tertiary/aromatic N) is 2. The van der Waals surface area contributed by atoms with Crippen LogP contribution in [0.5, 0.6) is 0 Å². The molecule has 2 aromatic carbocycles. The number of halogens is 1. The Morgan fingerprint density at radius 3 is 2.26 bits per heavy atom. The lowest BCUT2D eigenvalue weighted by atomic mass is 10.0. The van der Waals surface area contributed by atoms with Crippen LogP contribution < -0.4 is 0 Å². The number of likely N-dealkylation sites (N-methyl/N-ethyl adjacent to an activating group) is 1. The molecule has 2 amide bonds. The van der Waals surface area contributed by atoms with Crippen molar-refractivity contribution >= 4 is 25.9 Å². The maximum atomic E-state index is 13.2. The minimum absolute atomic E-state index is 0.0606. The van der Waals surface area contributed by atoms with Gasteiger partial charge in [-0.1, -0.05) is 74.8 Å². The van der Waals surface area contributed by atoms with Gasteiger partial charge in [-0.25, -0.2) is 9.63 Å². The summed E-state index contributed by atoms with van der Waals surface area (Å²) < 4.78 is 6.82. The van der Waals surface area contributed by atoms with Gasteiger partial charge in [-0.2, -0.15) is 5.06 Å². The molecule has 3 atom stereocenters. The summed E-state index contributed by atoms with van der Waals surface area (Å²) in [5, 5.41) is 2.11. The number of carbonyl (C=O) groups excluding carboxylic acids is 1. The van der Waals surface area contributed by atoms with E-state index in [0.29, 0.717) is 5.02 Å². The summed E-state index contributed by atoms with van der Waals surface area (Å²) in [6, 6.07) is 17.1. The molecule has 168 valence electrons. The number of carbonyl (C=O) groups is 1. The first-order chi connectivity index (χ1) is 14.4. The molecule has 1 saturated heterocycles. The molecule has 3 rings (SSSR count). The lowest BCUT2D eigenvalue weighted by molar-refractivity contribution is 0.0753. The van der Waals surface area contributed by atoms with Gasteiger partial charge in [0.05, 0.1) is 12.1 Å². The Hall–Kier alpha value is -1.86. The minimum atomic E-state index is -2.07. The van der Waals surface area contributed by atoms with Gasteiger partial charge in [0.1, 0.15) is 0 Å². The zero-order valence-electron chi connectivity index (χ0n) is 19.4. The average Bonchev–Trinajstić information content (AvgIpc) is 3.51. The van der Waals surface area contributed by atoms with Crippen LogP contribution in [0.1, 0.15) is 51.2 Å². The molecule has 2 aromatic rings. The summed E-state index contributed by atoms with van der Waals surface area (Å²) in [5.74, 6) is 0. The maximum Gasteiger partial charge on any atom is 0.347 e. The highest BCUT2D eigenvalue weighted by molar-refractivity contribution is 6.74. The van der Waals surface area contributed by atoms with Crippen molar-refractivity contribution in [2.24, 2.45) is 0 Å². The van der Waals surface area contributed by atoms with E-state index >= 15 is 0 Å². The molecule has 0 bridgehead atoms. The number of hydroxylamine groups is 2. The predicted molar refractivity (Wildman–Crippen MR) is 127 cm³/mol. The highest BCUT2D eigenvalue weighted by Gasteiger charge is 2.47. The second-order valence-electron chi connectivity index (χ2n) is 9.68. The van der Waals surface area contributed by atoms with Crippen LogP contribution in [0.4, 0.5) is 4.79 Å². The second kappa shape index (κ2) is 8.94. The molecule has 0 radical (unpaired) electrons. The molecule has 1 fully saturated rings. The van der Waals surface area contributed by atoms with Gasteiger partial charge in [0, 0.05) is 17.6 Å². The van der Waals surface area contributed by atoms with E-state index in [1.165, 1.54) is 5.06 Å². The third-order valence-corrected chi connectivity index (χ3v) is 11.1. The van der Waals surface area contributed by atoms with E-state index < -0.39 is 8.32 Å². The molecule has 5 nitrogen and oxygen atoms in total. The molecular formula is C24H33ClN2O3Si. The molecule has 1 aliphatic heterocycles. The Bertz CT molecular complexity index is 899. The fraction of sp³-hybridized carbons (Fsp3) is 0.458. The summed E-state index contributed by atoms with van der Waals surface area (Å²) in [4.78, 5) is 20.4. The fourth-order valence-electron chi connectivity index (χ4n) is 3.16. The summed E-state index contributed by atoms with van der Waals surface area (Å²) in [5.41, 5.74) is 1.97. The molecule has 1 heterocycles. The Balaban J connectivity index is 1.78. The first-order valence-electron chi connectivity index (χ1n) is 10.6. The third kappa shape index (κ3) is 5.31. The molecule has 1 unspecified atom stereocenters. The second-order valence-corrected chi connectivity index (χ2v) is 14.9. The molecule has 0 N–H and O–H groups in total. The van der Waals surface area contributed by atoms with Crippen molar-refractivity contribution in [1.29, 1.82) is 0 Å². The van der Waals surface area contributed by atoms with Gasteiger partial charge in [0.2, 0.25) is 6.23 Å². The van der Waals surface area contributed by atoms with Crippen LogP contribution in [0.2, 0.25) is 23.2 Å². The van der Waals surface area contributed by atoms with Crippen LogP contribution in [-0.2, 0) is 9.26 Å². The molecule has 0 saturated carbocycles. The van der Waals surface area contributed by atoms with Gasteiger partial charge in [0.25, 0.3) is 0 Å². The van der Waals surface area contributed by atoms with Gasteiger partial charge < -0.3 is 9.33 Å². The topological polar surface area (TPSA) is 45.1 Å². The van der Waals surface area contributed by atoms with Crippen LogP contribution in [0.3, 0.4) is 0 Å². The molecule has 0 aromatic heterocycles. The summed E-state index contributed by atoms with van der Waals surface area (Å²) in [6.45, 7) is 13.2. The van der Waals surface area contributed by atoms with Gasteiger partial charge in [0.15, 0.2) is 8.32 Å². The fourth-order valence-corrected chi connectivity index (χ4v) is 4.61. The number of benzene rings is 2. The average molecular weight is 461 g/mol. The Morgan fingerprint density at radius 2 is 1.71 bits per heavy atom. The molecular weight excluding hydrogens is 428 g/mol. The molecule has 31 heavy (non-hydrogen) atoms. The standard InChI is InChI=1S/C24H33ClN2O3Si/c1-17(21(18-11-9-8-10-12-18)30-31(6,7)24(2,3)4)26(5)23(28)27-22(29-27)19-13-15-20(25)16-14-19/h8-17,21-22H,1-7H3/t17-,21+,22?,27?/m0/s1. The summed E-state index contributed by atoms with van der Waals surface area (Å²) in [7, 11) is -0.269. The van der Waals surface area contributed by atoms with E-state index in [1.807, 2.05) is 37.3 Å². The Morgan fingerprint density at radius 1 is 1.13 bits per heavy atom. The van der Waals surface area contributed by atoms with Crippen molar-refractivity contribution in [3.8, 4) is 0 Å². The van der Waals surface area contributed by atoms with E-state index in [9.17, 15) is 4.79 Å². The number of rotatable bonds is 6. The zero-order valence-corrected chi connectivity index (χ0v) is 21.2. The number of urea groups is 1. The summed E-state index contributed by atoms with van der Waals surface area (Å²) in [6.07, 6.45) is -0.610. The van der Waals surface area contributed by atoms with Crippen molar-refractivity contribution in [2.45, 2.75) is 64.2 Å². The number of hydrogen-bond acceptors (Lipinski definition) is 3. The minimum Gasteiger partial charge on any atom is -0.408 e. The third-order valence-electron chi connectivity index (χ3n) is 6.43. The molecule has 1 aliphatic rings. The van der Waals surface area contributed by atoms with Crippen LogP contribution in [-0.4, -0.2) is 37.4 Å². The highest BCUT2D eigenvalue weighted by Crippen LogP contribution is 2.42. The van der Waals surface area contributed by atoms with Gasteiger partial charge in [-0.3, -0.25) is 0 Å². The van der Waals surface area contributed by atoms with Crippen LogP contribution in [0.25, 0.3) is 0 Å². The van der Waals surface area contributed by atoms with Crippen molar-refractivity contribution in [3.05, 3.63) is 70.7 Å². The quantitative estimate of drug-likeness (QED) is 0.352. The smallest absolute Gasteiger partial charge is 0.347 e. The van der Waals surface area contributed by atoms with Gasteiger partial charge >= 0.3 is 6.03 Å². The molecule has 0 aliphatic carbocycles. The first-order valence-corrected chi connectivity index (χ1v) is 13.9. The number of amides is 2. The molecule has 7 heteroatoms. The predicted octanol–water partition coefficient (Wildman–Crippen LogP) is 6.79.